The summed E-state index contributed by atoms with van der Waals surface area (Å²) in [5.41, 5.74) is 7.15. The summed E-state index contributed by atoms with van der Waals surface area (Å²) in [5, 5.41) is 0. The quantitative estimate of drug-likeness (QED) is 0.718. The third kappa shape index (κ3) is 4.69. The van der Waals surface area contributed by atoms with E-state index in [1.165, 1.54) is 5.57 Å². The number of methoxy groups -OCH3 is 1. The van der Waals surface area contributed by atoms with E-state index in [1.54, 1.807) is 18.9 Å². The largest absolute Gasteiger partial charge is 0.380 e. The van der Waals surface area contributed by atoms with Crippen LogP contribution < -0.4 is 5.73 Å². The van der Waals surface area contributed by atoms with E-state index in [-0.39, 0.29) is 11.9 Å². The topological polar surface area (TPSA) is 55.6 Å². The summed E-state index contributed by atoms with van der Waals surface area (Å²) in [6, 6.07) is -0.347. The SMILES string of the molecule is COCC1=CCN(C(=O)[C@@H](N)CCSC)CC1. The first-order chi connectivity index (χ1) is 8.19. The van der Waals surface area contributed by atoms with Crippen molar-refractivity contribution in [1.82, 2.24) is 4.90 Å². The molecule has 98 valence electrons. The third-order valence-corrected chi connectivity index (χ3v) is 3.54. The monoisotopic (exact) mass is 258 g/mol. The highest BCUT2D eigenvalue weighted by atomic mass is 32.2. The fourth-order valence-electron chi connectivity index (χ4n) is 1.83. The van der Waals surface area contributed by atoms with Gasteiger partial charge < -0.3 is 15.4 Å². The van der Waals surface area contributed by atoms with E-state index in [9.17, 15) is 4.79 Å². The molecule has 0 aliphatic carbocycles. The Hall–Kier alpha value is -0.520. The summed E-state index contributed by atoms with van der Waals surface area (Å²) >= 11 is 1.72. The number of amides is 1. The van der Waals surface area contributed by atoms with Gasteiger partial charge in [-0.15, -0.1) is 0 Å². The van der Waals surface area contributed by atoms with Gasteiger partial charge in [0.1, 0.15) is 0 Å². The number of hydrogen-bond acceptors (Lipinski definition) is 4. The maximum absolute atomic E-state index is 12.0. The molecule has 0 fully saturated rings. The third-order valence-electron chi connectivity index (χ3n) is 2.89. The van der Waals surface area contributed by atoms with Crippen molar-refractivity contribution in [1.29, 1.82) is 0 Å². The smallest absolute Gasteiger partial charge is 0.239 e. The molecule has 0 radical (unpaired) electrons. The van der Waals surface area contributed by atoms with E-state index < -0.39 is 0 Å². The molecule has 0 unspecified atom stereocenters. The number of thioether (sulfide) groups is 1. The Balaban J connectivity index is 2.39. The lowest BCUT2D eigenvalue weighted by Gasteiger charge is -2.28. The van der Waals surface area contributed by atoms with Crippen LogP contribution in [0.3, 0.4) is 0 Å². The van der Waals surface area contributed by atoms with Crippen molar-refractivity contribution in [2.75, 3.05) is 38.8 Å². The number of nitrogens with two attached hydrogens (primary N) is 1. The van der Waals surface area contributed by atoms with Gasteiger partial charge in [-0.2, -0.15) is 11.8 Å². The van der Waals surface area contributed by atoms with Gasteiger partial charge in [0.05, 0.1) is 12.6 Å². The van der Waals surface area contributed by atoms with Crippen molar-refractivity contribution in [2.24, 2.45) is 5.73 Å². The summed E-state index contributed by atoms with van der Waals surface area (Å²) in [5.74, 6) is 1.01. The van der Waals surface area contributed by atoms with Crippen LogP contribution in [0.5, 0.6) is 0 Å². The number of rotatable bonds is 6. The molecule has 1 amide bonds. The minimum Gasteiger partial charge on any atom is -0.380 e. The normalized spacial score (nSPS) is 17.8. The first-order valence-corrected chi connectivity index (χ1v) is 7.28. The van der Waals surface area contributed by atoms with Gasteiger partial charge in [-0.3, -0.25) is 4.79 Å². The molecule has 1 aliphatic heterocycles. The van der Waals surface area contributed by atoms with Crippen molar-refractivity contribution >= 4 is 17.7 Å². The number of nitrogens with zero attached hydrogens (tertiary/aromatic N) is 1. The van der Waals surface area contributed by atoms with Crippen molar-refractivity contribution in [3.05, 3.63) is 11.6 Å². The van der Waals surface area contributed by atoms with E-state index in [4.69, 9.17) is 10.5 Å². The highest BCUT2D eigenvalue weighted by molar-refractivity contribution is 7.98. The molecule has 4 nitrogen and oxygen atoms in total. The summed E-state index contributed by atoms with van der Waals surface area (Å²) in [6.45, 7) is 2.10. The van der Waals surface area contributed by atoms with Crippen LogP contribution in [0.1, 0.15) is 12.8 Å². The molecule has 1 rings (SSSR count). The van der Waals surface area contributed by atoms with Gasteiger partial charge in [0.15, 0.2) is 0 Å². The zero-order chi connectivity index (χ0) is 12.7. The average Bonchev–Trinajstić information content (AvgIpc) is 2.36. The lowest BCUT2D eigenvalue weighted by Crippen LogP contribution is -2.45. The maximum Gasteiger partial charge on any atom is 0.239 e. The maximum atomic E-state index is 12.0. The zero-order valence-corrected chi connectivity index (χ0v) is 11.5. The molecule has 0 spiro atoms. The lowest BCUT2D eigenvalue weighted by molar-refractivity contribution is -0.132. The van der Waals surface area contributed by atoms with Crippen LogP contribution in [0.4, 0.5) is 0 Å². The summed E-state index contributed by atoms with van der Waals surface area (Å²) in [4.78, 5) is 13.8. The molecule has 0 aromatic rings. The Bertz CT molecular complexity index is 282. The second-order valence-electron chi connectivity index (χ2n) is 4.22. The number of carbonyl (C=O) groups is 1. The summed E-state index contributed by atoms with van der Waals surface area (Å²) in [6.07, 6.45) is 5.75. The molecular formula is C12H22N2O2S. The van der Waals surface area contributed by atoms with E-state index in [1.807, 2.05) is 11.2 Å². The molecule has 1 heterocycles. The molecule has 2 N–H and O–H groups in total. The van der Waals surface area contributed by atoms with E-state index in [0.29, 0.717) is 13.2 Å². The number of ether oxygens (including phenoxy) is 1. The average molecular weight is 258 g/mol. The fraction of sp³-hybridized carbons (Fsp3) is 0.750. The van der Waals surface area contributed by atoms with Crippen molar-refractivity contribution < 1.29 is 9.53 Å². The minimum atomic E-state index is -0.347. The second-order valence-corrected chi connectivity index (χ2v) is 5.20. The van der Waals surface area contributed by atoms with E-state index in [0.717, 1.165) is 25.1 Å². The fourth-order valence-corrected chi connectivity index (χ4v) is 2.32. The first kappa shape index (κ1) is 14.5. The molecule has 1 aliphatic rings. The highest BCUT2D eigenvalue weighted by Gasteiger charge is 2.22. The van der Waals surface area contributed by atoms with Crippen molar-refractivity contribution in [3.8, 4) is 0 Å². The Morgan fingerprint density at radius 3 is 3.00 bits per heavy atom. The molecule has 0 aromatic heterocycles. The van der Waals surface area contributed by atoms with E-state index >= 15 is 0 Å². The highest BCUT2D eigenvalue weighted by Crippen LogP contribution is 2.12. The minimum absolute atomic E-state index is 0.0757. The van der Waals surface area contributed by atoms with Crippen LogP contribution in [-0.4, -0.2) is 55.7 Å². The predicted molar refractivity (Wildman–Crippen MR) is 72.1 cm³/mol. The Morgan fingerprint density at radius 1 is 1.71 bits per heavy atom. The van der Waals surface area contributed by atoms with Gasteiger partial charge in [0.25, 0.3) is 0 Å². The molecule has 17 heavy (non-hydrogen) atoms. The van der Waals surface area contributed by atoms with Crippen LogP contribution in [0.2, 0.25) is 0 Å². The first-order valence-electron chi connectivity index (χ1n) is 5.89. The standard InChI is InChI=1S/C12H22N2O2S/c1-16-9-10-3-6-14(7-4-10)12(15)11(13)5-8-17-2/h3,11H,4-9,13H2,1-2H3/t11-/m0/s1. The molecule has 5 heteroatoms. The van der Waals surface area contributed by atoms with Gasteiger partial charge in [0.2, 0.25) is 5.91 Å². The summed E-state index contributed by atoms with van der Waals surface area (Å²) < 4.78 is 5.08. The van der Waals surface area contributed by atoms with Crippen LogP contribution in [-0.2, 0) is 9.53 Å². The Kier molecular flexibility index (Phi) is 6.62. The molecule has 0 saturated carbocycles. The molecule has 0 aromatic carbocycles. The number of hydrogen-bond donors (Lipinski definition) is 1. The van der Waals surface area contributed by atoms with Crippen molar-refractivity contribution in [2.45, 2.75) is 18.9 Å². The van der Waals surface area contributed by atoms with Crippen LogP contribution in [0.25, 0.3) is 0 Å². The molecule has 1 atom stereocenters. The Labute approximate surface area is 108 Å². The second kappa shape index (κ2) is 7.74. The van der Waals surface area contributed by atoms with E-state index in [2.05, 4.69) is 6.08 Å². The van der Waals surface area contributed by atoms with Crippen LogP contribution >= 0.6 is 11.8 Å². The van der Waals surface area contributed by atoms with Crippen molar-refractivity contribution in [3.63, 3.8) is 0 Å². The van der Waals surface area contributed by atoms with Gasteiger partial charge in [0, 0.05) is 20.2 Å². The van der Waals surface area contributed by atoms with Gasteiger partial charge in [-0.25, -0.2) is 0 Å². The lowest BCUT2D eigenvalue weighted by atomic mass is 10.1. The van der Waals surface area contributed by atoms with Gasteiger partial charge >= 0.3 is 0 Å². The Morgan fingerprint density at radius 2 is 2.47 bits per heavy atom. The molecule has 0 saturated heterocycles. The molecular weight excluding hydrogens is 236 g/mol. The van der Waals surface area contributed by atoms with Crippen LogP contribution in [0.15, 0.2) is 11.6 Å². The summed E-state index contributed by atoms with van der Waals surface area (Å²) in [7, 11) is 1.69. The zero-order valence-electron chi connectivity index (χ0n) is 10.6. The van der Waals surface area contributed by atoms with Gasteiger partial charge in [-0.05, 0) is 30.4 Å². The molecule has 0 bridgehead atoms. The number of carbonyl (C=O) groups excluding carboxylic acids is 1. The van der Waals surface area contributed by atoms with Gasteiger partial charge in [-0.1, -0.05) is 6.08 Å². The van der Waals surface area contributed by atoms with Crippen LogP contribution in [0, 0.1) is 0 Å². The predicted octanol–water partition coefficient (Wildman–Crippen LogP) is 0.872.